The summed E-state index contributed by atoms with van der Waals surface area (Å²) in [6, 6.07) is 15.1. The number of hydrogen-bond donors (Lipinski definition) is 1. The van der Waals surface area contributed by atoms with Gasteiger partial charge >= 0.3 is 0 Å². The topological polar surface area (TPSA) is 54.5 Å². The lowest BCUT2D eigenvalue weighted by molar-refractivity contribution is -0.124. The zero-order chi connectivity index (χ0) is 21.7. The molecule has 0 bridgehead atoms. The first-order valence-corrected chi connectivity index (χ1v) is 11.0. The number of amides is 1. The molecule has 3 rings (SSSR count). The second-order valence-corrected chi connectivity index (χ2v) is 8.91. The highest BCUT2D eigenvalue weighted by Gasteiger charge is 2.39. The smallest absolute Gasteiger partial charge is 0.228 e. The fourth-order valence-electron chi connectivity index (χ4n) is 4.62. The molecule has 2 N–H and O–H groups in total. The van der Waals surface area contributed by atoms with Gasteiger partial charge in [0.1, 0.15) is 0 Å². The highest BCUT2D eigenvalue weighted by Crippen LogP contribution is 2.33. The molecule has 5 heteroatoms. The molecule has 0 spiro atoms. The molecule has 2 aromatic rings. The highest BCUT2D eigenvalue weighted by atomic mass is 16.1. The van der Waals surface area contributed by atoms with Crippen LogP contribution >= 0.6 is 0 Å². The number of carbonyl (C=O) groups excluding carboxylic acids is 1. The third-order valence-corrected chi connectivity index (χ3v) is 6.42. The van der Waals surface area contributed by atoms with Gasteiger partial charge in [0.15, 0.2) is 0 Å². The zero-order valence-corrected chi connectivity index (χ0v) is 18.8. The SMILES string of the molecule is CC(C)N(CCC(CCN1C=Cn2cccc2C1)(C(N)=O)c1ccccc1)C(C)C. The first kappa shape index (κ1) is 22.2. The normalized spacial score (nSPS) is 15.6. The number of aromatic nitrogens is 1. The van der Waals surface area contributed by atoms with Gasteiger partial charge in [-0.15, -0.1) is 0 Å². The predicted molar refractivity (Wildman–Crippen MR) is 124 cm³/mol. The van der Waals surface area contributed by atoms with Crippen LogP contribution in [0, 0.1) is 0 Å². The maximum atomic E-state index is 13.0. The van der Waals surface area contributed by atoms with Crippen LogP contribution < -0.4 is 5.73 Å². The van der Waals surface area contributed by atoms with E-state index in [4.69, 9.17) is 5.73 Å². The van der Waals surface area contributed by atoms with E-state index in [0.29, 0.717) is 18.5 Å². The molecule has 0 aliphatic carbocycles. The van der Waals surface area contributed by atoms with E-state index in [-0.39, 0.29) is 5.91 Å². The highest BCUT2D eigenvalue weighted by molar-refractivity contribution is 5.86. The van der Waals surface area contributed by atoms with Crippen LogP contribution in [0.25, 0.3) is 6.20 Å². The van der Waals surface area contributed by atoms with Gasteiger partial charge in [0.2, 0.25) is 5.91 Å². The molecule has 1 aliphatic rings. The molecular formula is C25H36N4O. The van der Waals surface area contributed by atoms with Crippen LogP contribution in [0.5, 0.6) is 0 Å². The minimum Gasteiger partial charge on any atom is -0.370 e. The van der Waals surface area contributed by atoms with Crippen molar-refractivity contribution in [2.75, 3.05) is 13.1 Å². The second kappa shape index (κ2) is 9.52. The predicted octanol–water partition coefficient (Wildman–Crippen LogP) is 4.05. The van der Waals surface area contributed by atoms with E-state index in [1.165, 1.54) is 5.69 Å². The molecule has 1 aliphatic heterocycles. The van der Waals surface area contributed by atoms with Crippen LogP contribution in [0.1, 0.15) is 51.8 Å². The number of benzene rings is 1. The van der Waals surface area contributed by atoms with Gasteiger partial charge < -0.3 is 15.2 Å². The van der Waals surface area contributed by atoms with Crippen molar-refractivity contribution in [3.05, 3.63) is 66.1 Å². The third-order valence-electron chi connectivity index (χ3n) is 6.42. The van der Waals surface area contributed by atoms with Crippen molar-refractivity contribution >= 4 is 12.1 Å². The molecule has 1 aromatic carbocycles. The van der Waals surface area contributed by atoms with E-state index < -0.39 is 5.41 Å². The lowest BCUT2D eigenvalue weighted by atomic mass is 9.73. The fourth-order valence-corrected chi connectivity index (χ4v) is 4.62. The molecule has 30 heavy (non-hydrogen) atoms. The fraction of sp³-hybridized carbons (Fsp3) is 0.480. The average molecular weight is 409 g/mol. The molecule has 162 valence electrons. The largest absolute Gasteiger partial charge is 0.370 e. The maximum absolute atomic E-state index is 13.0. The van der Waals surface area contributed by atoms with Crippen molar-refractivity contribution in [2.24, 2.45) is 5.73 Å². The summed E-state index contributed by atoms with van der Waals surface area (Å²) < 4.78 is 2.14. The molecule has 0 saturated carbocycles. The maximum Gasteiger partial charge on any atom is 0.228 e. The average Bonchev–Trinajstić information content (AvgIpc) is 3.18. The minimum absolute atomic E-state index is 0.231. The molecule has 0 radical (unpaired) electrons. The van der Waals surface area contributed by atoms with Crippen molar-refractivity contribution < 1.29 is 4.79 Å². The van der Waals surface area contributed by atoms with E-state index in [1.54, 1.807) is 0 Å². The lowest BCUT2D eigenvalue weighted by Crippen LogP contribution is -2.47. The van der Waals surface area contributed by atoms with Gasteiger partial charge in [0.25, 0.3) is 0 Å². The number of hydrogen-bond acceptors (Lipinski definition) is 3. The number of nitrogens with two attached hydrogens (primary N) is 1. The third kappa shape index (κ3) is 4.78. The standard InChI is InChI=1S/C25H36N4O/c1-20(2)29(21(3)4)16-13-25(24(26)30,22-9-6-5-7-10-22)12-15-27-17-18-28-14-8-11-23(28)19-27/h5-11,14,17-18,20-21H,12-13,15-16,19H2,1-4H3,(H2,26,30). The van der Waals surface area contributed by atoms with Gasteiger partial charge in [0.05, 0.1) is 12.0 Å². The Labute approximate surface area is 181 Å². The van der Waals surface area contributed by atoms with Gasteiger partial charge in [-0.25, -0.2) is 0 Å². The molecule has 1 unspecified atom stereocenters. The van der Waals surface area contributed by atoms with Gasteiger partial charge in [-0.2, -0.15) is 0 Å². The number of primary amides is 1. The first-order chi connectivity index (χ1) is 14.3. The van der Waals surface area contributed by atoms with Crippen molar-refractivity contribution in [2.45, 2.75) is 64.6 Å². The first-order valence-electron chi connectivity index (χ1n) is 11.0. The summed E-state index contributed by atoms with van der Waals surface area (Å²) in [6.45, 7) is 11.3. The second-order valence-electron chi connectivity index (χ2n) is 8.91. The van der Waals surface area contributed by atoms with Crippen LogP contribution in [0.3, 0.4) is 0 Å². The van der Waals surface area contributed by atoms with Crippen LogP contribution in [0.4, 0.5) is 0 Å². The van der Waals surface area contributed by atoms with Crippen molar-refractivity contribution in [1.82, 2.24) is 14.4 Å². The number of fused-ring (bicyclic) bond motifs is 1. The van der Waals surface area contributed by atoms with Crippen molar-refractivity contribution in [1.29, 1.82) is 0 Å². The quantitative estimate of drug-likeness (QED) is 0.645. The molecule has 5 nitrogen and oxygen atoms in total. The van der Waals surface area contributed by atoms with Crippen LogP contribution in [-0.4, -0.2) is 45.4 Å². The molecular weight excluding hydrogens is 372 g/mol. The molecule has 1 amide bonds. The Hall–Kier alpha value is -2.53. The van der Waals surface area contributed by atoms with Crippen molar-refractivity contribution in [3.63, 3.8) is 0 Å². The minimum atomic E-state index is -0.684. The summed E-state index contributed by atoms with van der Waals surface area (Å²) in [6.07, 6.45) is 7.66. The van der Waals surface area contributed by atoms with Crippen LogP contribution in [0.15, 0.2) is 54.9 Å². The van der Waals surface area contributed by atoms with Gasteiger partial charge in [-0.1, -0.05) is 30.3 Å². The number of carbonyl (C=O) groups is 1. The van der Waals surface area contributed by atoms with Crippen molar-refractivity contribution in [3.8, 4) is 0 Å². The Morgan fingerprint density at radius 2 is 1.73 bits per heavy atom. The molecule has 1 aromatic heterocycles. The van der Waals surface area contributed by atoms with E-state index in [2.05, 4.69) is 84.9 Å². The van der Waals surface area contributed by atoms with E-state index in [0.717, 1.165) is 31.6 Å². The number of nitrogens with zero attached hydrogens (tertiary/aromatic N) is 3. The van der Waals surface area contributed by atoms with Gasteiger partial charge in [-0.3, -0.25) is 9.69 Å². The Morgan fingerprint density at radius 3 is 2.37 bits per heavy atom. The summed E-state index contributed by atoms with van der Waals surface area (Å²) in [5.74, 6) is -0.231. The Bertz CT molecular complexity index is 847. The van der Waals surface area contributed by atoms with E-state index in [9.17, 15) is 4.79 Å². The lowest BCUT2D eigenvalue weighted by Gasteiger charge is -2.38. The molecule has 0 fully saturated rings. The Kier molecular flexibility index (Phi) is 7.03. The summed E-state index contributed by atoms with van der Waals surface area (Å²) in [5, 5.41) is 0. The Morgan fingerprint density at radius 1 is 1.03 bits per heavy atom. The van der Waals surface area contributed by atoms with E-state index >= 15 is 0 Å². The Balaban J connectivity index is 1.82. The molecule has 1 atom stereocenters. The van der Waals surface area contributed by atoms with Gasteiger partial charge in [0, 0.05) is 49.5 Å². The van der Waals surface area contributed by atoms with Crippen LogP contribution in [-0.2, 0) is 16.8 Å². The summed E-state index contributed by atoms with van der Waals surface area (Å²) in [5.41, 5.74) is 7.72. The van der Waals surface area contributed by atoms with E-state index in [1.807, 2.05) is 18.2 Å². The summed E-state index contributed by atoms with van der Waals surface area (Å²) in [7, 11) is 0. The molecule has 0 saturated heterocycles. The monoisotopic (exact) mass is 408 g/mol. The summed E-state index contributed by atoms with van der Waals surface area (Å²) in [4.78, 5) is 17.7. The van der Waals surface area contributed by atoms with Crippen LogP contribution in [0.2, 0.25) is 0 Å². The molecule has 2 heterocycles. The van der Waals surface area contributed by atoms with Gasteiger partial charge in [-0.05, 0) is 58.2 Å². The zero-order valence-electron chi connectivity index (χ0n) is 18.8. The summed E-state index contributed by atoms with van der Waals surface area (Å²) >= 11 is 0. The number of rotatable bonds is 10.